The molecule has 16 unspecified atom stereocenters. The number of carbonyl (C=O) groups is 8. The van der Waals surface area contributed by atoms with Gasteiger partial charge in [0.25, 0.3) is 0 Å². The Balaban J connectivity index is 1.66. The number of phosphoric ester groups is 1. The van der Waals surface area contributed by atoms with Crippen LogP contribution < -0.4 is 37.2 Å². The molecule has 17 atom stereocenters. The molecule has 0 saturated carbocycles. The molecule has 8 amide bonds. The Morgan fingerprint density at radius 1 is 0.500 bits per heavy atom. The van der Waals surface area contributed by atoms with Crippen LogP contribution >= 0.6 is 7.82 Å². The van der Waals surface area contributed by atoms with Gasteiger partial charge in [-0.1, -0.05) is 0 Å². The molecule has 40 nitrogen and oxygen atoms in total. The summed E-state index contributed by atoms with van der Waals surface area (Å²) in [5.41, 5.74) is -1.04. The van der Waals surface area contributed by atoms with E-state index in [9.17, 15) is 98.9 Å². The summed E-state index contributed by atoms with van der Waals surface area (Å²) in [7, 11) is -4.55. The molecule has 18 N–H and O–H groups in total. The molecular weight excluding hydrogens is 1340 g/mol. The van der Waals surface area contributed by atoms with Gasteiger partial charge in [-0.05, 0) is 33.6 Å². The van der Waals surface area contributed by atoms with Crippen molar-refractivity contribution in [2.75, 3.05) is 145 Å². The van der Waals surface area contributed by atoms with Gasteiger partial charge in [0.2, 0.25) is 47.3 Å². The number of hydrogen-bond acceptors (Lipinski definition) is 31. The lowest BCUT2D eigenvalue weighted by Crippen LogP contribution is -2.64. The van der Waals surface area contributed by atoms with Crippen LogP contribution in [0.25, 0.3) is 0 Å². The monoisotopic (exact) mass is 1440 g/mol. The minimum atomic E-state index is -4.55. The number of ether oxygens (including phenoxy) is 9. The van der Waals surface area contributed by atoms with E-state index in [4.69, 9.17) is 51.7 Å². The Kier molecular flexibility index (Phi) is 40.8. The third-order valence-corrected chi connectivity index (χ3v) is 15.7. The van der Waals surface area contributed by atoms with Crippen molar-refractivity contribution in [1.82, 2.24) is 47.0 Å². The third-order valence-electron chi connectivity index (χ3n) is 14.5. The lowest BCUT2D eigenvalue weighted by Gasteiger charge is -2.42. The van der Waals surface area contributed by atoms with Crippen LogP contribution in [0.5, 0.6) is 0 Å². The molecule has 0 spiro atoms. The number of amides is 8. The minimum absolute atomic E-state index is 0.0266. The summed E-state index contributed by atoms with van der Waals surface area (Å²) in [4.78, 5) is 115. The molecular formula is C57H104N9O31P. The van der Waals surface area contributed by atoms with Crippen LogP contribution in [-0.4, -0.2) is 361 Å². The highest BCUT2D eigenvalue weighted by Gasteiger charge is 2.48. The van der Waals surface area contributed by atoms with Gasteiger partial charge >= 0.3 is 7.82 Å². The first-order chi connectivity index (χ1) is 46.3. The number of hydrogen-bond donors (Lipinski definition) is 18. The molecule has 3 heterocycles. The van der Waals surface area contributed by atoms with Gasteiger partial charge in [0.05, 0.1) is 117 Å². The molecule has 0 aliphatic carbocycles. The molecule has 3 aliphatic heterocycles. The van der Waals surface area contributed by atoms with Crippen LogP contribution in [0.4, 0.5) is 0 Å². The second-order valence-corrected chi connectivity index (χ2v) is 25.3. The topological polar surface area (TPSA) is 568 Å². The lowest BCUT2D eigenvalue weighted by atomic mass is 9.97. The maximum atomic E-state index is 13.9. The number of rotatable bonds is 47. The SMILES string of the molecule is CC(=O)NC1C(OCCOCCNC(=O)CN(CCCN(CC(=O)NCCOCCOC2OC(CO)C(O)C(O)C2NC(C)=O)C(=O)CCCC(=O)NC[C@H](O)COP(=O)(O)OC(C)(C)C)CC(=O)NCCOCCOC2OC(CO)C(O)C(O)C2NC(C)=O)OC(CO)C(O)C1O. The number of nitrogens with one attached hydrogen (secondary N) is 7. The van der Waals surface area contributed by atoms with E-state index in [1.165, 1.54) is 51.3 Å². The second-order valence-electron chi connectivity index (χ2n) is 24.0. The zero-order valence-electron chi connectivity index (χ0n) is 56.0. The van der Waals surface area contributed by atoms with E-state index in [2.05, 4.69) is 37.2 Å². The predicted molar refractivity (Wildman–Crippen MR) is 333 cm³/mol. The molecule has 3 fully saturated rings. The summed E-state index contributed by atoms with van der Waals surface area (Å²) in [6, 6.07) is -3.56. The fraction of sp³-hybridized carbons (Fsp3) is 0.860. The van der Waals surface area contributed by atoms with Crippen LogP contribution in [0.3, 0.4) is 0 Å². The smallest absolute Gasteiger partial charge is 0.394 e. The van der Waals surface area contributed by atoms with E-state index in [0.29, 0.717) is 0 Å². The summed E-state index contributed by atoms with van der Waals surface area (Å²) in [5.74, 6) is -4.61. The maximum Gasteiger partial charge on any atom is 0.472 e. The highest BCUT2D eigenvalue weighted by molar-refractivity contribution is 7.47. The van der Waals surface area contributed by atoms with Gasteiger partial charge in [-0.15, -0.1) is 0 Å². The number of phosphoric acid groups is 1. The Hall–Kier alpha value is -4.93. The zero-order chi connectivity index (χ0) is 73.1. The second kappa shape index (κ2) is 45.8. The first kappa shape index (κ1) is 87.3. The van der Waals surface area contributed by atoms with Crippen molar-refractivity contribution in [1.29, 1.82) is 0 Å². The standard InChI is InChI=1S/C57H104N9O31P/c1-33(70)62-45-51(82)48(79)37(29-67)94-54(45)90-22-19-87-16-11-58-41(75)26-65(27-42(76)59-12-17-88-20-23-91-55-46(63-34(2)71)52(83)49(80)38(30-68)95-55)14-8-15-66(44(78)10-7-9-40(74)61-25-36(73)32-93-98(85,86)97-57(4,5)6)28-43(77)60-13-18-89-21-24-92-56-47(64-35(3)72)53(84)50(81)39(31-69)96-56/h36-39,45-56,67-69,73,79-84H,7-32H2,1-6H3,(H,58,75)(H,59,76)(H,60,77)(H,61,74)(H,62,70)(H,63,71)(H,64,72)(H,85,86)/t36-,37?,38?,39?,45?,46?,47?,48?,49?,50?,51?,52?,53?,54?,55?,56?/m0/s1. The molecule has 0 aromatic rings. The van der Waals surface area contributed by atoms with E-state index in [1.54, 1.807) is 0 Å². The van der Waals surface area contributed by atoms with Crippen LogP contribution in [0.15, 0.2) is 0 Å². The van der Waals surface area contributed by atoms with Gasteiger partial charge in [-0.25, -0.2) is 4.57 Å². The van der Waals surface area contributed by atoms with Crippen LogP contribution in [0, 0.1) is 0 Å². The van der Waals surface area contributed by atoms with Gasteiger partial charge in [-0.3, -0.25) is 52.3 Å². The number of aliphatic hydroxyl groups is 10. The van der Waals surface area contributed by atoms with Crippen molar-refractivity contribution in [3.05, 3.63) is 0 Å². The minimum Gasteiger partial charge on any atom is -0.394 e. The van der Waals surface area contributed by atoms with E-state index in [0.717, 1.165) is 0 Å². The molecule has 41 heteroatoms. The first-order valence-electron chi connectivity index (χ1n) is 32.0. The van der Waals surface area contributed by atoms with Crippen molar-refractivity contribution < 1.29 is 151 Å². The normalized spacial score (nSPS) is 26.7. The highest BCUT2D eigenvalue weighted by atomic mass is 31.2. The van der Waals surface area contributed by atoms with Crippen LogP contribution in [0.2, 0.25) is 0 Å². The fourth-order valence-electron chi connectivity index (χ4n) is 9.83. The van der Waals surface area contributed by atoms with Gasteiger partial charge < -0.3 is 141 Å². The van der Waals surface area contributed by atoms with Crippen molar-refractivity contribution >= 4 is 55.1 Å². The molecule has 3 saturated heterocycles. The molecule has 568 valence electrons. The average Bonchev–Trinajstić information content (AvgIpc) is 0.825. The summed E-state index contributed by atoms with van der Waals surface area (Å²) in [5, 5.41) is 119. The molecule has 0 bridgehead atoms. The predicted octanol–water partition coefficient (Wildman–Crippen LogP) is -9.63. The Labute approximate surface area is 566 Å². The summed E-state index contributed by atoms with van der Waals surface area (Å²) < 4.78 is 72.2. The zero-order valence-corrected chi connectivity index (χ0v) is 56.9. The van der Waals surface area contributed by atoms with Crippen molar-refractivity contribution in [3.8, 4) is 0 Å². The number of nitrogens with zero attached hydrogens (tertiary/aromatic N) is 2. The summed E-state index contributed by atoms with van der Waals surface area (Å²) >= 11 is 0. The van der Waals surface area contributed by atoms with E-state index >= 15 is 0 Å². The number of carbonyl (C=O) groups excluding carboxylic acids is 8. The fourth-order valence-corrected chi connectivity index (χ4v) is 10.9. The highest BCUT2D eigenvalue weighted by Crippen LogP contribution is 2.47. The van der Waals surface area contributed by atoms with Crippen LogP contribution in [-0.2, 0) is 94.6 Å². The Bertz CT molecular complexity index is 2390. The average molecular weight is 1440 g/mol. The molecule has 3 aliphatic rings. The van der Waals surface area contributed by atoms with Gasteiger partial charge in [-0.2, -0.15) is 0 Å². The quantitative estimate of drug-likeness (QED) is 0.0199. The molecule has 98 heavy (non-hydrogen) atoms. The van der Waals surface area contributed by atoms with Crippen molar-refractivity contribution in [3.63, 3.8) is 0 Å². The van der Waals surface area contributed by atoms with Crippen molar-refractivity contribution in [2.24, 2.45) is 0 Å². The van der Waals surface area contributed by atoms with E-state index < -0.39 is 192 Å². The summed E-state index contributed by atoms with van der Waals surface area (Å²) in [6.45, 7) is 2.62. The summed E-state index contributed by atoms with van der Waals surface area (Å²) in [6.07, 6.45) is -18.5. The first-order valence-corrected chi connectivity index (χ1v) is 33.5. The van der Waals surface area contributed by atoms with Crippen molar-refractivity contribution in [2.45, 2.75) is 171 Å². The largest absolute Gasteiger partial charge is 0.472 e. The maximum absolute atomic E-state index is 13.9. The number of aliphatic hydroxyl groups excluding tert-OH is 10. The molecule has 0 aromatic heterocycles. The Morgan fingerprint density at radius 2 is 0.878 bits per heavy atom. The third kappa shape index (κ3) is 33.7. The lowest BCUT2D eigenvalue weighted by molar-refractivity contribution is -0.272. The van der Waals surface area contributed by atoms with Gasteiger partial charge in [0.15, 0.2) is 18.9 Å². The molecule has 0 aromatic carbocycles. The molecule has 3 rings (SSSR count). The molecule has 0 radical (unpaired) electrons. The van der Waals surface area contributed by atoms with E-state index in [-0.39, 0.29) is 138 Å². The Morgan fingerprint density at radius 3 is 1.23 bits per heavy atom. The van der Waals surface area contributed by atoms with Crippen LogP contribution in [0.1, 0.15) is 67.2 Å². The van der Waals surface area contributed by atoms with Gasteiger partial charge in [0.1, 0.15) is 73.1 Å². The van der Waals surface area contributed by atoms with Gasteiger partial charge in [0, 0.05) is 72.9 Å². The van der Waals surface area contributed by atoms with E-state index in [1.807, 2.05) is 0 Å².